The third kappa shape index (κ3) is 5.63. The van der Waals surface area contributed by atoms with Gasteiger partial charge in [0.05, 0.1) is 12.0 Å². The average molecular weight is 433 g/mol. The molecule has 0 atom stereocenters. The van der Waals surface area contributed by atoms with E-state index in [2.05, 4.69) is 5.32 Å². The van der Waals surface area contributed by atoms with E-state index in [4.69, 9.17) is 26.2 Å². The molecule has 152 valence electrons. The molecule has 3 rings (SSSR count). The lowest BCUT2D eigenvalue weighted by molar-refractivity contribution is 0.281. The Bertz CT molecular complexity index is 1070. The van der Waals surface area contributed by atoms with Gasteiger partial charge in [0.1, 0.15) is 6.61 Å². The molecule has 6 nitrogen and oxygen atoms in total. The number of methoxy groups -OCH3 is 1. The molecule has 3 N–H and O–H groups in total. The average Bonchev–Trinajstić information content (AvgIpc) is 2.71. The van der Waals surface area contributed by atoms with Crippen LogP contribution in [0, 0.1) is 0 Å². The molecule has 0 aliphatic heterocycles. The molecule has 29 heavy (non-hydrogen) atoms. The highest BCUT2D eigenvalue weighted by molar-refractivity contribution is 7.89. The zero-order chi connectivity index (χ0) is 20.9. The summed E-state index contributed by atoms with van der Waals surface area (Å²) in [5.41, 5.74) is 2.63. The fourth-order valence-corrected chi connectivity index (χ4v) is 3.36. The largest absolute Gasteiger partial charge is 0.493 e. The van der Waals surface area contributed by atoms with Crippen molar-refractivity contribution in [2.24, 2.45) is 5.14 Å². The Morgan fingerprint density at radius 3 is 2.31 bits per heavy atom. The summed E-state index contributed by atoms with van der Waals surface area (Å²) in [5.74, 6) is 1.27. The Kier molecular flexibility index (Phi) is 6.64. The number of para-hydroxylation sites is 1. The summed E-state index contributed by atoms with van der Waals surface area (Å²) in [6.45, 7) is 0.829. The van der Waals surface area contributed by atoms with Crippen LogP contribution in [-0.4, -0.2) is 15.5 Å². The number of benzene rings is 3. The van der Waals surface area contributed by atoms with E-state index in [0.717, 1.165) is 16.8 Å². The van der Waals surface area contributed by atoms with Crippen LogP contribution in [-0.2, 0) is 23.2 Å². The van der Waals surface area contributed by atoms with Gasteiger partial charge in [0.2, 0.25) is 10.0 Å². The second kappa shape index (κ2) is 9.17. The number of ether oxygens (including phenoxy) is 2. The Morgan fingerprint density at radius 1 is 1.00 bits per heavy atom. The molecule has 0 heterocycles. The van der Waals surface area contributed by atoms with Gasteiger partial charge in [-0.15, -0.1) is 0 Å². The number of rotatable bonds is 8. The van der Waals surface area contributed by atoms with Crippen molar-refractivity contribution in [3.05, 3.63) is 82.9 Å². The smallest absolute Gasteiger partial charge is 0.238 e. The highest BCUT2D eigenvalue weighted by Crippen LogP contribution is 2.32. The first-order chi connectivity index (χ1) is 13.9. The van der Waals surface area contributed by atoms with Gasteiger partial charge >= 0.3 is 0 Å². The van der Waals surface area contributed by atoms with Crippen LogP contribution in [0.15, 0.2) is 71.6 Å². The first-order valence-electron chi connectivity index (χ1n) is 8.76. The standard InChI is InChI=1S/C21H21ClN2O4S/c1-27-20-4-2-3-16(21(20)28-14-15-5-7-17(22)8-6-15)13-24-18-9-11-19(12-10-18)29(23,25)26/h2-12,24H,13-14H2,1H3,(H2,23,25,26). The minimum atomic E-state index is -3.71. The minimum absolute atomic E-state index is 0.0661. The first-order valence-corrected chi connectivity index (χ1v) is 10.7. The van der Waals surface area contributed by atoms with Crippen molar-refractivity contribution in [1.82, 2.24) is 0 Å². The van der Waals surface area contributed by atoms with Crippen LogP contribution in [0.4, 0.5) is 5.69 Å². The van der Waals surface area contributed by atoms with Crippen molar-refractivity contribution in [3.8, 4) is 11.5 Å². The van der Waals surface area contributed by atoms with Crippen molar-refractivity contribution < 1.29 is 17.9 Å². The molecule has 8 heteroatoms. The van der Waals surface area contributed by atoms with E-state index >= 15 is 0 Å². The summed E-state index contributed by atoms with van der Waals surface area (Å²) in [6, 6.07) is 19.3. The van der Waals surface area contributed by atoms with Gasteiger partial charge in [0.25, 0.3) is 0 Å². The van der Waals surface area contributed by atoms with Crippen molar-refractivity contribution >= 4 is 27.3 Å². The topological polar surface area (TPSA) is 90.6 Å². The predicted octanol–water partition coefficient (Wildman–Crippen LogP) is 4.19. The lowest BCUT2D eigenvalue weighted by Crippen LogP contribution is -2.12. The zero-order valence-electron chi connectivity index (χ0n) is 15.8. The lowest BCUT2D eigenvalue weighted by atomic mass is 10.1. The Hall–Kier alpha value is -2.74. The fourth-order valence-electron chi connectivity index (χ4n) is 2.72. The maximum Gasteiger partial charge on any atom is 0.238 e. The van der Waals surface area contributed by atoms with E-state index in [0.29, 0.717) is 29.7 Å². The minimum Gasteiger partial charge on any atom is -0.493 e. The van der Waals surface area contributed by atoms with Gasteiger partial charge < -0.3 is 14.8 Å². The third-order valence-corrected chi connectivity index (χ3v) is 5.42. The molecule has 0 aliphatic rings. The van der Waals surface area contributed by atoms with Crippen LogP contribution in [0.3, 0.4) is 0 Å². The second-order valence-corrected chi connectivity index (χ2v) is 8.28. The summed E-state index contributed by atoms with van der Waals surface area (Å²) in [5, 5.41) is 9.05. The predicted molar refractivity (Wildman–Crippen MR) is 114 cm³/mol. The highest BCUT2D eigenvalue weighted by Gasteiger charge is 2.12. The molecule has 0 aliphatic carbocycles. The number of hydrogen-bond donors (Lipinski definition) is 2. The Morgan fingerprint density at radius 2 is 1.69 bits per heavy atom. The van der Waals surface area contributed by atoms with Crippen LogP contribution in [0.1, 0.15) is 11.1 Å². The van der Waals surface area contributed by atoms with E-state index in [-0.39, 0.29) is 4.90 Å². The summed E-state index contributed by atoms with van der Waals surface area (Å²) in [7, 11) is -2.12. The molecule has 3 aromatic carbocycles. The maximum atomic E-state index is 11.4. The molecule has 0 fully saturated rings. The first kappa shape index (κ1) is 21.0. The van der Waals surface area contributed by atoms with E-state index in [1.165, 1.54) is 12.1 Å². The van der Waals surface area contributed by atoms with Crippen molar-refractivity contribution in [3.63, 3.8) is 0 Å². The van der Waals surface area contributed by atoms with Crippen LogP contribution in [0.5, 0.6) is 11.5 Å². The van der Waals surface area contributed by atoms with Gasteiger partial charge in [-0.25, -0.2) is 13.6 Å². The molecule has 0 saturated carbocycles. The SMILES string of the molecule is COc1cccc(CNc2ccc(S(N)(=O)=O)cc2)c1OCc1ccc(Cl)cc1. The Balaban J connectivity index is 1.74. The molecular formula is C21H21ClN2O4S. The summed E-state index contributed by atoms with van der Waals surface area (Å²) >= 11 is 5.93. The van der Waals surface area contributed by atoms with Crippen molar-refractivity contribution in [2.75, 3.05) is 12.4 Å². The molecule has 0 radical (unpaired) electrons. The van der Waals surface area contributed by atoms with Crippen LogP contribution in [0.25, 0.3) is 0 Å². The second-order valence-electron chi connectivity index (χ2n) is 6.29. The van der Waals surface area contributed by atoms with E-state index < -0.39 is 10.0 Å². The van der Waals surface area contributed by atoms with Crippen LogP contribution < -0.4 is 19.9 Å². The number of halogens is 1. The van der Waals surface area contributed by atoms with Gasteiger partial charge in [-0.2, -0.15) is 0 Å². The molecule has 0 aromatic heterocycles. The van der Waals surface area contributed by atoms with E-state index in [1.807, 2.05) is 42.5 Å². The lowest BCUT2D eigenvalue weighted by Gasteiger charge is -2.16. The molecule has 0 bridgehead atoms. The van der Waals surface area contributed by atoms with Gasteiger partial charge in [-0.3, -0.25) is 0 Å². The van der Waals surface area contributed by atoms with Gasteiger partial charge in [0.15, 0.2) is 11.5 Å². The number of primary sulfonamides is 1. The normalized spacial score (nSPS) is 11.1. The van der Waals surface area contributed by atoms with Crippen LogP contribution in [0.2, 0.25) is 5.02 Å². The molecule has 3 aromatic rings. The molecule has 0 amide bonds. The number of nitrogens with one attached hydrogen (secondary N) is 1. The van der Waals surface area contributed by atoms with Gasteiger partial charge in [0, 0.05) is 22.8 Å². The van der Waals surface area contributed by atoms with E-state index in [9.17, 15) is 8.42 Å². The zero-order valence-corrected chi connectivity index (χ0v) is 17.3. The van der Waals surface area contributed by atoms with E-state index in [1.54, 1.807) is 19.2 Å². The molecule has 0 spiro atoms. The molecule has 0 unspecified atom stereocenters. The number of sulfonamides is 1. The highest BCUT2D eigenvalue weighted by atomic mass is 35.5. The Labute approximate surface area is 175 Å². The quantitative estimate of drug-likeness (QED) is 0.557. The van der Waals surface area contributed by atoms with Crippen molar-refractivity contribution in [1.29, 1.82) is 0 Å². The molecular weight excluding hydrogens is 412 g/mol. The summed E-state index contributed by atoms with van der Waals surface area (Å²) in [4.78, 5) is 0.0661. The summed E-state index contributed by atoms with van der Waals surface area (Å²) < 4.78 is 34.2. The maximum absolute atomic E-state index is 11.4. The van der Waals surface area contributed by atoms with Gasteiger partial charge in [-0.05, 0) is 48.0 Å². The fraction of sp³-hybridized carbons (Fsp3) is 0.143. The van der Waals surface area contributed by atoms with Crippen molar-refractivity contribution in [2.45, 2.75) is 18.0 Å². The van der Waals surface area contributed by atoms with Crippen LogP contribution >= 0.6 is 11.6 Å². The monoisotopic (exact) mass is 432 g/mol. The number of hydrogen-bond acceptors (Lipinski definition) is 5. The summed E-state index contributed by atoms with van der Waals surface area (Å²) in [6.07, 6.45) is 0. The molecule has 0 saturated heterocycles. The number of nitrogens with two attached hydrogens (primary N) is 1. The third-order valence-electron chi connectivity index (χ3n) is 4.24. The number of anilines is 1. The van der Waals surface area contributed by atoms with Gasteiger partial charge in [-0.1, -0.05) is 35.9 Å².